The van der Waals surface area contributed by atoms with Crippen molar-refractivity contribution >= 4 is 22.6 Å². The molecule has 2 radical (unpaired) electrons. The van der Waals surface area contributed by atoms with E-state index < -0.39 is 16.1 Å². The van der Waals surface area contributed by atoms with Gasteiger partial charge in [-0.25, -0.2) is 8.42 Å². The van der Waals surface area contributed by atoms with E-state index in [2.05, 4.69) is 0 Å². The maximum Gasteiger partial charge on any atom is 0.241 e. The topological polar surface area (TPSA) is 80.3 Å². The van der Waals surface area contributed by atoms with E-state index in [0.717, 1.165) is 0 Å². The highest BCUT2D eigenvalue weighted by atomic mass is 32.2. The largest absolute Gasteiger partial charge is 0.291 e. The van der Waals surface area contributed by atoms with Gasteiger partial charge in [0, 0.05) is 6.42 Å². The van der Waals surface area contributed by atoms with E-state index in [9.17, 15) is 18.0 Å². The van der Waals surface area contributed by atoms with Gasteiger partial charge in [-0.2, -0.15) is 4.72 Å². The van der Waals surface area contributed by atoms with Crippen LogP contribution in [-0.4, -0.2) is 27.0 Å². The quantitative estimate of drug-likeness (QED) is 0.754. The van der Waals surface area contributed by atoms with Crippen LogP contribution in [0.3, 0.4) is 0 Å². The van der Waals surface area contributed by atoms with E-state index in [1.165, 1.54) is 24.7 Å². The molecule has 0 bridgehead atoms. The first-order valence-electron chi connectivity index (χ1n) is 4.40. The third-order valence-corrected chi connectivity index (χ3v) is 3.27. The average Bonchev–Trinajstić information content (AvgIpc) is 2.29. The highest BCUT2D eigenvalue weighted by molar-refractivity contribution is 7.89. The summed E-state index contributed by atoms with van der Waals surface area (Å²) < 4.78 is 25.4. The Morgan fingerprint density at radius 1 is 1.19 bits per heavy atom. The smallest absolute Gasteiger partial charge is 0.241 e. The second-order valence-electron chi connectivity index (χ2n) is 2.95. The minimum absolute atomic E-state index is 0.0288. The minimum Gasteiger partial charge on any atom is -0.291 e. The van der Waals surface area contributed by atoms with Crippen LogP contribution >= 0.6 is 0 Å². The zero-order valence-corrected chi connectivity index (χ0v) is 9.03. The van der Waals surface area contributed by atoms with Crippen LogP contribution in [0.1, 0.15) is 6.42 Å². The summed E-state index contributed by atoms with van der Waals surface area (Å²) in [7, 11) is -3.79. The molecule has 0 aliphatic rings. The molecule has 1 atom stereocenters. The van der Waals surface area contributed by atoms with Gasteiger partial charge in [-0.1, -0.05) is 18.2 Å². The van der Waals surface area contributed by atoms with Gasteiger partial charge in [-0.3, -0.25) is 9.59 Å². The second kappa shape index (κ2) is 5.53. The third kappa shape index (κ3) is 3.25. The molecule has 84 valence electrons. The molecule has 1 aromatic carbocycles. The maximum absolute atomic E-state index is 11.7. The predicted octanol–water partition coefficient (Wildman–Crippen LogP) is -0.0570. The number of hydrogen-bond donors (Lipinski definition) is 1. The molecule has 0 aromatic heterocycles. The Morgan fingerprint density at radius 3 is 2.31 bits per heavy atom. The van der Waals surface area contributed by atoms with Crippen molar-refractivity contribution in [2.24, 2.45) is 0 Å². The molecule has 0 amide bonds. The normalized spacial score (nSPS) is 13.0. The van der Waals surface area contributed by atoms with Crippen molar-refractivity contribution in [3.05, 3.63) is 30.3 Å². The van der Waals surface area contributed by atoms with E-state index in [-0.39, 0.29) is 11.3 Å². The lowest BCUT2D eigenvalue weighted by molar-refractivity contribution is 0.517. The molecule has 1 aromatic rings. The molecule has 0 aliphatic carbocycles. The summed E-state index contributed by atoms with van der Waals surface area (Å²) in [5.41, 5.74) is 0. The second-order valence-corrected chi connectivity index (χ2v) is 4.67. The summed E-state index contributed by atoms with van der Waals surface area (Å²) in [6, 6.07) is 6.35. The fraction of sp³-hybridized carbons (Fsp3) is 0.200. The molecular weight excluding hydrogens is 230 g/mol. The molecule has 0 saturated heterocycles. The molecule has 1 N–H and O–H groups in total. The van der Waals surface area contributed by atoms with Crippen molar-refractivity contribution in [2.75, 3.05) is 0 Å². The van der Waals surface area contributed by atoms with Gasteiger partial charge in [0.2, 0.25) is 22.6 Å². The standard InChI is InChI=1S/C10H9NO4S/c12-7-6-9(8-13)11-16(14,15)10-4-2-1-3-5-10/h1-5,9,11H,6H2/t9-/m0/s1. The summed E-state index contributed by atoms with van der Waals surface area (Å²) in [5.74, 6) is 0. The van der Waals surface area contributed by atoms with Crippen molar-refractivity contribution in [3.8, 4) is 0 Å². The number of nitrogens with one attached hydrogen (secondary N) is 1. The molecule has 0 unspecified atom stereocenters. The molecule has 5 nitrogen and oxygen atoms in total. The van der Waals surface area contributed by atoms with E-state index in [1.807, 2.05) is 4.72 Å². The lowest BCUT2D eigenvalue weighted by Gasteiger charge is -2.09. The van der Waals surface area contributed by atoms with Crippen LogP contribution in [0.2, 0.25) is 0 Å². The number of rotatable bonds is 6. The summed E-state index contributed by atoms with van der Waals surface area (Å²) >= 11 is 0. The van der Waals surface area contributed by atoms with Crippen LogP contribution < -0.4 is 4.72 Å². The van der Waals surface area contributed by atoms with Gasteiger partial charge in [0.05, 0.1) is 10.9 Å². The van der Waals surface area contributed by atoms with Gasteiger partial charge in [0.25, 0.3) is 0 Å². The van der Waals surface area contributed by atoms with Crippen LogP contribution in [0.5, 0.6) is 0 Å². The van der Waals surface area contributed by atoms with Gasteiger partial charge in [-0.15, -0.1) is 0 Å². The summed E-state index contributed by atoms with van der Waals surface area (Å²) in [6.45, 7) is 0. The Hall–Kier alpha value is -1.53. The zero-order valence-electron chi connectivity index (χ0n) is 8.21. The Kier molecular flexibility index (Phi) is 4.33. The van der Waals surface area contributed by atoms with E-state index >= 15 is 0 Å². The Bertz CT molecular complexity index is 455. The fourth-order valence-corrected chi connectivity index (χ4v) is 2.20. The highest BCUT2D eigenvalue weighted by Gasteiger charge is 2.19. The van der Waals surface area contributed by atoms with Crippen molar-refractivity contribution in [1.82, 2.24) is 4.72 Å². The molecule has 1 rings (SSSR count). The van der Waals surface area contributed by atoms with Gasteiger partial charge in [-0.05, 0) is 12.1 Å². The van der Waals surface area contributed by atoms with Crippen molar-refractivity contribution in [2.45, 2.75) is 17.4 Å². The summed E-state index contributed by atoms with van der Waals surface area (Å²) in [4.78, 5) is 20.5. The number of carbonyl (C=O) groups excluding carboxylic acids is 2. The Morgan fingerprint density at radius 2 is 1.81 bits per heavy atom. The van der Waals surface area contributed by atoms with Crippen molar-refractivity contribution in [1.29, 1.82) is 0 Å². The molecule has 0 heterocycles. The number of sulfonamides is 1. The molecule has 6 heteroatoms. The van der Waals surface area contributed by atoms with Gasteiger partial charge in [0.15, 0.2) is 0 Å². The maximum atomic E-state index is 11.7. The average molecular weight is 239 g/mol. The first-order valence-corrected chi connectivity index (χ1v) is 5.88. The van der Waals surface area contributed by atoms with Gasteiger partial charge < -0.3 is 0 Å². The van der Waals surface area contributed by atoms with Gasteiger partial charge in [0.1, 0.15) is 0 Å². The lowest BCUT2D eigenvalue weighted by atomic mass is 10.3. The molecule has 0 aliphatic heterocycles. The number of benzene rings is 1. The van der Waals surface area contributed by atoms with E-state index in [4.69, 9.17) is 0 Å². The first-order chi connectivity index (χ1) is 7.60. The Labute approximate surface area is 93.5 Å². The zero-order chi connectivity index (χ0) is 12.0. The molecule has 16 heavy (non-hydrogen) atoms. The molecule has 0 fully saturated rings. The third-order valence-electron chi connectivity index (χ3n) is 1.78. The molecule has 0 saturated carbocycles. The van der Waals surface area contributed by atoms with Crippen LogP contribution in [0.4, 0.5) is 0 Å². The van der Waals surface area contributed by atoms with Crippen molar-refractivity contribution in [3.63, 3.8) is 0 Å². The minimum atomic E-state index is -3.79. The molecular formula is C10H9NO4S. The van der Waals surface area contributed by atoms with Crippen LogP contribution in [0.15, 0.2) is 35.2 Å². The number of hydrogen-bond acceptors (Lipinski definition) is 4. The fourth-order valence-electron chi connectivity index (χ4n) is 1.05. The van der Waals surface area contributed by atoms with Crippen LogP contribution in [0, 0.1) is 0 Å². The van der Waals surface area contributed by atoms with Crippen molar-refractivity contribution < 1.29 is 18.0 Å². The van der Waals surface area contributed by atoms with Crippen LogP contribution in [-0.2, 0) is 19.6 Å². The van der Waals surface area contributed by atoms with E-state index in [0.29, 0.717) is 0 Å². The lowest BCUT2D eigenvalue weighted by Crippen LogP contribution is -2.36. The highest BCUT2D eigenvalue weighted by Crippen LogP contribution is 2.07. The molecule has 0 spiro atoms. The van der Waals surface area contributed by atoms with Gasteiger partial charge >= 0.3 is 0 Å². The summed E-state index contributed by atoms with van der Waals surface area (Å²) in [6.07, 6.45) is 2.53. The monoisotopic (exact) mass is 239 g/mol. The predicted molar refractivity (Wildman–Crippen MR) is 56.6 cm³/mol. The summed E-state index contributed by atoms with van der Waals surface area (Å²) in [5, 5.41) is 0. The SMILES string of the molecule is O=[C]C[C@@H]([C]=O)NS(=O)(=O)c1ccccc1. The Balaban J connectivity index is 2.87. The van der Waals surface area contributed by atoms with Crippen LogP contribution in [0.25, 0.3) is 0 Å². The van der Waals surface area contributed by atoms with E-state index in [1.54, 1.807) is 18.2 Å². The first kappa shape index (κ1) is 12.5.